The summed E-state index contributed by atoms with van der Waals surface area (Å²) in [6.07, 6.45) is 0. The van der Waals surface area contributed by atoms with E-state index in [1.807, 2.05) is 55.1 Å². The Morgan fingerprint density at radius 2 is 1.97 bits per heavy atom. The molecule has 1 N–H and O–H groups in total. The summed E-state index contributed by atoms with van der Waals surface area (Å²) in [5.74, 6) is 2.17. The average molecular weight is 422 g/mol. The van der Waals surface area contributed by atoms with Crippen molar-refractivity contribution in [2.24, 2.45) is 0 Å². The highest BCUT2D eigenvalue weighted by Crippen LogP contribution is 2.33. The van der Waals surface area contributed by atoms with Gasteiger partial charge in [0, 0.05) is 42.9 Å². The molecular weight excluding hydrogens is 396 g/mol. The zero-order chi connectivity index (χ0) is 21.8. The lowest BCUT2D eigenvalue weighted by atomic mass is 10.0. The molecule has 0 saturated carbocycles. The van der Waals surface area contributed by atoms with E-state index < -0.39 is 0 Å². The highest BCUT2D eigenvalue weighted by atomic mass is 16.5. The van der Waals surface area contributed by atoms with Crippen LogP contribution in [0.5, 0.6) is 11.5 Å². The first-order valence-electron chi connectivity index (χ1n) is 10.4. The minimum atomic E-state index is 0.0476. The number of hydrogen-bond donors (Lipinski definition) is 1. The number of carbonyl (C=O) groups excluding carboxylic acids is 1. The minimum Gasteiger partial charge on any atom is -0.493 e. The van der Waals surface area contributed by atoms with Gasteiger partial charge in [0.05, 0.1) is 13.7 Å². The smallest absolute Gasteiger partial charge is 0.258 e. The van der Waals surface area contributed by atoms with Crippen molar-refractivity contribution < 1.29 is 18.8 Å². The summed E-state index contributed by atoms with van der Waals surface area (Å²) in [4.78, 5) is 19.2. The van der Waals surface area contributed by atoms with E-state index in [-0.39, 0.29) is 5.91 Å². The lowest BCUT2D eigenvalue weighted by Gasteiger charge is -2.27. The molecule has 1 aliphatic rings. The lowest BCUT2D eigenvalue weighted by molar-refractivity contribution is 0.0735. The third kappa shape index (κ3) is 4.39. The van der Waals surface area contributed by atoms with Gasteiger partial charge in [-0.1, -0.05) is 11.2 Å². The first kappa shape index (κ1) is 20.9. The van der Waals surface area contributed by atoms with Crippen LogP contribution in [0.1, 0.15) is 22.8 Å². The third-order valence-electron chi connectivity index (χ3n) is 5.25. The largest absolute Gasteiger partial charge is 0.493 e. The fourth-order valence-corrected chi connectivity index (χ4v) is 3.62. The molecule has 8 heteroatoms. The van der Waals surface area contributed by atoms with Gasteiger partial charge >= 0.3 is 0 Å². The number of ether oxygens (including phenoxy) is 2. The summed E-state index contributed by atoms with van der Waals surface area (Å²) in [6, 6.07) is 11.1. The Hall–Kier alpha value is -3.39. The average Bonchev–Trinajstić information content (AvgIpc) is 3.29. The Morgan fingerprint density at radius 1 is 1.16 bits per heavy atom. The summed E-state index contributed by atoms with van der Waals surface area (Å²) < 4.78 is 16.5. The quantitative estimate of drug-likeness (QED) is 0.653. The predicted molar refractivity (Wildman–Crippen MR) is 116 cm³/mol. The number of nitrogens with zero attached hydrogens (tertiary/aromatic N) is 3. The van der Waals surface area contributed by atoms with Crippen LogP contribution < -0.4 is 14.8 Å². The summed E-state index contributed by atoms with van der Waals surface area (Å²) >= 11 is 0. The second-order valence-electron chi connectivity index (χ2n) is 7.29. The third-order valence-corrected chi connectivity index (χ3v) is 5.25. The van der Waals surface area contributed by atoms with Crippen LogP contribution in [0, 0.1) is 6.92 Å². The van der Waals surface area contributed by atoms with Crippen molar-refractivity contribution in [1.29, 1.82) is 0 Å². The van der Waals surface area contributed by atoms with Crippen molar-refractivity contribution in [3.63, 3.8) is 0 Å². The summed E-state index contributed by atoms with van der Waals surface area (Å²) in [5, 5.41) is 7.40. The zero-order valence-corrected chi connectivity index (χ0v) is 18.0. The number of hydrogen-bond acceptors (Lipinski definition) is 7. The molecule has 1 saturated heterocycles. The molecule has 1 aromatic heterocycles. The molecule has 2 aromatic carbocycles. The maximum atomic E-state index is 12.7. The van der Waals surface area contributed by atoms with Crippen LogP contribution in [-0.4, -0.2) is 60.8 Å². The van der Waals surface area contributed by atoms with E-state index >= 15 is 0 Å². The first-order valence-corrected chi connectivity index (χ1v) is 10.4. The number of aryl methyl sites for hydroxylation is 1. The predicted octanol–water partition coefficient (Wildman–Crippen LogP) is 3.16. The van der Waals surface area contributed by atoms with Crippen LogP contribution in [0.4, 0.5) is 0 Å². The highest BCUT2D eigenvalue weighted by Gasteiger charge is 2.20. The second kappa shape index (κ2) is 9.18. The van der Waals surface area contributed by atoms with Gasteiger partial charge in [-0.05, 0) is 49.7 Å². The molecular formula is C23H26N4O4. The number of nitrogens with one attached hydrogen (secondary N) is 1. The monoisotopic (exact) mass is 422 g/mol. The Bertz CT molecular complexity index is 1070. The Balaban J connectivity index is 1.57. The van der Waals surface area contributed by atoms with E-state index in [0.717, 1.165) is 42.9 Å². The van der Waals surface area contributed by atoms with E-state index in [9.17, 15) is 4.79 Å². The first-order chi connectivity index (χ1) is 15.1. The standard InChI is InChI=1S/C23H26N4O4/c1-4-30-19-8-6-16(14-20(19)29-3)22-25-21(26-31-22)18-7-5-17(13-15(18)2)23(28)27-11-9-24-10-12-27/h5-8,13-14,24H,4,9-12H2,1-3H3. The number of amides is 1. The molecule has 31 heavy (non-hydrogen) atoms. The molecule has 162 valence electrons. The molecule has 0 radical (unpaired) electrons. The van der Waals surface area contributed by atoms with Gasteiger partial charge in [0.25, 0.3) is 11.8 Å². The van der Waals surface area contributed by atoms with Crippen LogP contribution >= 0.6 is 0 Å². The van der Waals surface area contributed by atoms with Gasteiger partial charge in [0.15, 0.2) is 11.5 Å². The number of benzene rings is 2. The number of rotatable bonds is 6. The molecule has 0 aliphatic carbocycles. The molecule has 0 spiro atoms. The molecule has 4 rings (SSSR count). The number of methoxy groups -OCH3 is 1. The van der Waals surface area contributed by atoms with Gasteiger partial charge in [0.1, 0.15) is 0 Å². The second-order valence-corrected chi connectivity index (χ2v) is 7.29. The number of piperazine rings is 1. The lowest BCUT2D eigenvalue weighted by Crippen LogP contribution is -2.46. The van der Waals surface area contributed by atoms with Crippen LogP contribution in [0.2, 0.25) is 0 Å². The van der Waals surface area contributed by atoms with Crippen LogP contribution in [0.15, 0.2) is 40.9 Å². The fourth-order valence-electron chi connectivity index (χ4n) is 3.62. The minimum absolute atomic E-state index is 0.0476. The van der Waals surface area contributed by atoms with E-state index in [1.54, 1.807) is 7.11 Å². The van der Waals surface area contributed by atoms with Crippen molar-refractivity contribution in [3.05, 3.63) is 47.5 Å². The molecule has 3 aromatic rings. The Morgan fingerprint density at radius 3 is 2.68 bits per heavy atom. The highest BCUT2D eigenvalue weighted by molar-refractivity contribution is 5.95. The summed E-state index contributed by atoms with van der Waals surface area (Å²) in [5.41, 5.74) is 3.15. The van der Waals surface area contributed by atoms with Gasteiger partial charge in [-0.25, -0.2) is 0 Å². The Kier molecular flexibility index (Phi) is 6.18. The van der Waals surface area contributed by atoms with E-state index in [2.05, 4.69) is 15.5 Å². The van der Waals surface area contributed by atoms with Gasteiger partial charge in [-0.2, -0.15) is 4.98 Å². The van der Waals surface area contributed by atoms with Crippen LogP contribution in [0.3, 0.4) is 0 Å². The van der Waals surface area contributed by atoms with Crippen molar-refractivity contribution in [2.45, 2.75) is 13.8 Å². The van der Waals surface area contributed by atoms with Gasteiger partial charge in [-0.15, -0.1) is 0 Å². The maximum absolute atomic E-state index is 12.7. The van der Waals surface area contributed by atoms with E-state index in [4.69, 9.17) is 14.0 Å². The fraction of sp³-hybridized carbons (Fsp3) is 0.348. The number of aromatic nitrogens is 2. The normalized spacial score (nSPS) is 13.8. The van der Waals surface area contributed by atoms with Crippen molar-refractivity contribution in [3.8, 4) is 34.3 Å². The molecule has 0 atom stereocenters. The topological polar surface area (TPSA) is 89.7 Å². The van der Waals surface area contributed by atoms with Gasteiger partial charge in [-0.3, -0.25) is 4.79 Å². The number of carbonyl (C=O) groups is 1. The maximum Gasteiger partial charge on any atom is 0.258 e. The van der Waals surface area contributed by atoms with Crippen molar-refractivity contribution in [1.82, 2.24) is 20.4 Å². The van der Waals surface area contributed by atoms with E-state index in [1.165, 1.54) is 0 Å². The molecule has 1 aliphatic heterocycles. The molecule has 1 amide bonds. The summed E-state index contributed by atoms with van der Waals surface area (Å²) in [6.45, 7) is 7.50. The van der Waals surface area contributed by atoms with Gasteiger partial charge < -0.3 is 24.2 Å². The van der Waals surface area contributed by atoms with Crippen molar-refractivity contribution in [2.75, 3.05) is 39.9 Å². The molecule has 2 heterocycles. The van der Waals surface area contributed by atoms with Crippen LogP contribution in [0.25, 0.3) is 22.8 Å². The molecule has 0 bridgehead atoms. The molecule has 1 fully saturated rings. The zero-order valence-electron chi connectivity index (χ0n) is 18.0. The van der Waals surface area contributed by atoms with E-state index in [0.29, 0.717) is 35.4 Å². The van der Waals surface area contributed by atoms with Gasteiger partial charge in [0.2, 0.25) is 5.82 Å². The SMILES string of the molecule is CCOc1ccc(-c2nc(-c3ccc(C(=O)N4CCNCC4)cc3C)no2)cc1OC. The van der Waals surface area contributed by atoms with Crippen LogP contribution in [-0.2, 0) is 0 Å². The van der Waals surface area contributed by atoms with Crippen molar-refractivity contribution >= 4 is 5.91 Å². The Labute approximate surface area is 181 Å². The summed E-state index contributed by atoms with van der Waals surface area (Å²) in [7, 11) is 1.59. The molecule has 0 unspecified atom stereocenters. The molecule has 8 nitrogen and oxygen atoms in total.